The van der Waals surface area contributed by atoms with Crippen LogP contribution < -0.4 is 5.32 Å². The smallest absolute Gasteiger partial charge is 0.411 e. The van der Waals surface area contributed by atoms with Gasteiger partial charge in [0.2, 0.25) is 5.91 Å². The van der Waals surface area contributed by atoms with Crippen LogP contribution in [0, 0.1) is 0 Å². The van der Waals surface area contributed by atoms with E-state index in [4.69, 9.17) is 9.84 Å². The third-order valence-electron chi connectivity index (χ3n) is 6.80. The summed E-state index contributed by atoms with van der Waals surface area (Å²) in [4.78, 5) is 37.1. The molecule has 0 radical (unpaired) electrons. The van der Waals surface area contributed by atoms with Gasteiger partial charge in [-0.15, -0.1) is 0 Å². The van der Waals surface area contributed by atoms with Gasteiger partial charge in [-0.1, -0.05) is 48.5 Å². The van der Waals surface area contributed by atoms with Gasteiger partial charge in [0.05, 0.1) is 0 Å². The Kier molecular flexibility index (Phi) is 6.48. The number of likely N-dealkylation sites (N-methyl/N-ethyl adjacent to an activating group) is 1. The number of fused-ring (bicyclic) bond motifs is 3. The van der Waals surface area contributed by atoms with Crippen molar-refractivity contribution in [2.75, 3.05) is 13.7 Å². The summed E-state index contributed by atoms with van der Waals surface area (Å²) < 4.78 is 45.8. The lowest BCUT2D eigenvalue weighted by Crippen LogP contribution is -2.55. The maximum atomic E-state index is 13.5. The van der Waals surface area contributed by atoms with Crippen molar-refractivity contribution in [3.05, 3.63) is 59.7 Å². The van der Waals surface area contributed by atoms with Crippen LogP contribution in [0.25, 0.3) is 11.1 Å². The van der Waals surface area contributed by atoms with Gasteiger partial charge in [0.25, 0.3) is 0 Å². The Morgan fingerprint density at radius 3 is 2.11 bits per heavy atom. The normalized spacial score (nSPS) is 16.6. The second-order valence-corrected chi connectivity index (χ2v) is 8.88. The number of rotatable bonds is 8. The van der Waals surface area contributed by atoms with Crippen molar-refractivity contribution >= 4 is 18.0 Å². The second kappa shape index (κ2) is 9.24. The second-order valence-electron chi connectivity index (χ2n) is 8.88. The van der Waals surface area contributed by atoms with E-state index in [1.54, 1.807) is 0 Å². The summed E-state index contributed by atoms with van der Waals surface area (Å²) in [5, 5.41) is 11.3. The molecule has 1 atom stereocenters. The first-order valence-electron chi connectivity index (χ1n) is 11.2. The molecule has 4 rings (SSSR count). The Bertz CT molecular complexity index is 1100. The van der Waals surface area contributed by atoms with Gasteiger partial charge in [0, 0.05) is 19.4 Å². The number of ether oxygens (including phenoxy) is 1. The van der Waals surface area contributed by atoms with Crippen LogP contribution in [-0.4, -0.2) is 59.4 Å². The van der Waals surface area contributed by atoms with Gasteiger partial charge < -0.3 is 20.1 Å². The van der Waals surface area contributed by atoms with Crippen molar-refractivity contribution in [3.8, 4) is 11.1 Å². The van der Waals surface area contributed by atoms with Crippen LogP contribution in [-0.2, 0) is 14.3 Å². The molecule has 2 aliphatic carbocycles. The zero-order chi connectivity index (χ0) is 25.4. The summed E-state index contributed by atoms with van der Waals surface area (Å²) in [6.45, 7) is -0.0535. The molecular formula is C25H25F3N2O5. The van der Waals surface area contributed by atoms with E-state index in [0.717, 1.165) is 29.3 Å². The number of nitrogens with zero attached hydrogens (tertiary/aromatic N) is 1. The number of carbonyl (C=O) groups is 3. The molecule has 186 valence electrons. The highest BCUT2D eigenvalue weighted by atomic mass is 19.4. The number of carboxylic acid groups (broad SMARTS) is 1. The molecule has 10 heteroatoms. The molecule has 2 N–H and O–H groups in total. The van der Waals surface area contributed by atoms with Gasteiger partial charge in [-0.05, 0) is 41.5 Å². The van der Waals surface area contributed by atoms with Crippen LogP contribution in [0.3, 0.4) is 0 Å². The summed E-state index contributed by atoms with van der Waals surface area (Å²) in [6.07, 6.45) is -6.98. The number of carbonyl (C=O) groups excluding carboxylic acids is 2. The van der Waals surface area contributed by atoms with E-state index in [2.05, 4.69) is 5.32 Å². The standard InChI is InChI=1S/C25H25F3N2O5/c1-30(24(12-13-24)25(26,27)28)22(33)20(10-11-21(31)32)29-23(34)35-14-19-17-8-4-2-6-15(17)16-7-3-5-9-18(16)19/h2-9,19-20H,10-14H2,1H3,(H,29,34)(H,31,32). The molecule has 35 heavy (non-hydrogen) atoms. The first-order valence-corrected chi connectivity index (χ1v) is 11.2. The number of nitrogens with one attached hydrogen (secondary N) is 1. The van der Waals surface area contributed by atoms with E-state index < -0.39 is 42.1 Å². The Morgan fingerprint density at radius 1 is 1.09 bits per heavy atom. The SMILES string of the molecule is CN(C(=O)C(CCC(=O)O)NC(=O)OCC1c2ccccc2-c2ccccc21)C1(C(F)(F)F)CC1. The zero-order valence-corrected chi connectivity index (χ0v) is 19.0. The van der Waals surface area contributed by atoms with E-state index in [0.29, 0.717) is 4.90 Å². The lowest BCUT2D eigenvalue weighted by molar-refractivity contribution is -0.197. The van der Waals surface area contributed by atoms with Crippen molar-refractivity contribution in [3.63, 3.8) is 0 Å². The van der Waals surface area contributed by atoms with E-state index in [1.165, 1.54) is 0 Å². The van der Waals surface area contributed by atoms with Crippen LogP contribution in [0.1, 0.15) is 42.7 Å². The minimum absolute atomic E-state index is 0.0535. The van der Waals surface area contributed by atoms with Crippen LogP contribution in [0.4, 0.5) is 18.0 Å². The van der Waals surface area contributed by atoms with Crippen molar-refractivity contribution in [1.82, 2.24) is 10.2 Å². The summed E-state index contributed by atoms with van der Waals surface area (Å²) in [5.74, 6) is -2.49. The van der Waals surface area contributed by atoms with Crippen LogP contribution >= 0.6 is 0 Å². The van der Waals surface area contributed by atoms with Crippen molar-refractivity contribution in [2.45, 2.75) is 49.4 Å². The maximum Gasteiger partial charge on any atom is 0.411 e. The summed E-state index contributed by atoms with van der Waals surface area (Å²) in [7, 11) is 1.02. The number of halogens is 3. The molecule has 1 unspecified atom stereocenters. The van der Waals surface area contributed by atoms with Gasteiger partial charge >= 0.3 is 18.2 Å². The van der Waals surface area contributed by atoms with E-state index in [-0.39, 0.29) is 31.8 Å². The number of alkyl carbamates (subject to hydrolysis) is 1. The molecule has 2 aromatic rings. The molecule has 2 amide bonds. The number of hydrogen-bond donors (Lipinski definition) is 2. The molecule has 0 heterocycles. The van der Waals surface area contributed by atoms with Crippen LogP contribution in [0.15, 0.2) is 48.5 Å². The van der Waals surface area contributed by atoms with E-state index >= 15 is 0 Å². The third-order valence-corrected chi connectivity index (χ3v) is 6.80. The third kappa shape index (κ3) is 4.69. The predicted molar refractivity (Wildman–Crippen MR) is 120 cm³/mol. The van der Waals surface area contributed by atoms with Crippen molar-refractivity contribution in [1.29, 1.82) is 0 Å². The highest BCUT2D eigenvalue weighted by Gasteiger charge is 2.67. The quantitative estimate of drug-likeness (QED) is 0.575. The molecule has 0 spiro atoms. The fourth-order valence-corrected chi connectivity index (χ4v) is 4.68. The number of aliphatic carboxylic acids is 1. The van der Waals surface area contributed by atoms with Crippen molar-refractivity contribution < 1.29 is 37.4 Å². The molecule has 0 bridgehead atoms. The number of hydrogen-bond acceptors (Lipinski definition) is 4. The molecular weight excluding hydrogens is 465 g/mol. The van der Waals surface area contributed by atoms with Crippen LogP contribution in [0.2, 0.25) is 0 Å². The van der Waals surface area contributed by atoms with Crippen molar-refractivity contribution in [2.24, 2.45) is 0 Å². The summed E-state index contributed by atoms with van der Waals surface area (Å²) in [5.41, 5.74) is 1.71. The van der Waals surface area contributed by atoms with Crippen LogP contribution in [0.5, 0.6) is 0 Å². The molecule has 2 aliphatic rings. The molecule has 1 saturated carbocycles. The summed E-state index contributed by atoms with van der Waals surface area (Å²) in [6, 6.07) is 13.9. The minimum Gasteiger partial charge on any atom is -0.481 e. The number of amides is 2. The molecule has 2 aromatic carbocycles. The van der Waals surface area contributed by atoms with Gasteiger partial charge in [0.15, 0.2) is 0 Å². The fourth-order valence-electron chi connectivity index (χ4n) is 4.68. The van der Waals surface area contributed by atoms with E-state index in [9.17, 15) is 27.6 Å². The largest absolute Gasteiger partial charge is 0.481 e. The molecule has 7 nitrogen and oxygen atoms in total. The summed E-state index contributed by atoms with van der Waals surface area (Å²) >= 11 is 0. The number of benzene rings is 2. The average molecular weight is 490 g/mol. The minimum atomic E-state index is -4.63. The Morgan fingerprint density at radius 2 is 1.63 bits per heavy atom. The monoisotopic (exact) mass is 490 g/mol. The molecule has 0 aromatic heterocycles. The van der Waals surface area contributed by atoms with Gasteiger partial charge in [-0.3, -0.25) is 9.59 Å². The first-order chi connectivity index (χ1) is 16.5. The van der Waals surface area contributed by atoms with Gasteiger partial charge in [0.1, 0.15) is 18.2 Å². The predicted octanol–water partition coefficient (Wildman–Crippen LogP) is 4.31. The lowest BCUT2D eigenvalue weighted by Gasteiger charge is -2.33. The first kappa shape index (κ1) is 24.6. The Labute approximate surface area is 199 Å². The Hall–Kier alpha value is -3.56. The maximum absolute atomic E-state index is 13.5. The lowest BCUT2D eigenvalue weighted by atomic mass is 9.98. The molecule has 0 aliphatic heterocycles. The topological polar surface area (TPSA) is 95.9 Å². The highest BCUT2D eigenvalue weighted by molar-refractivity contribution is 5.87. The molecule has 1 fully saturated rings. The van der Waals surface area contributed by atoms with E-state index in [1.807, 2.05) is 48.5 Å². The fraction of sp³-hybridized carbons (Fsp3) is 0.400. The molecule has 0 saturated heterocycles. The van der Waals surface area contributed by atoms with Gasteiger partial charge in [-0.2, -0.15) is 13.2 Å². The zero-order valence-electron chi connectivity index (χ0n) is 19.0. The van der Waals surface area contributed by atoms with Gasteiger partial charge in [-0.25, -0.2) is 4.79 Å². The Balaban J connectivity index is 1.45. The number of carboxylic acids is 1. The average Bonchev–Trinajstić information content (AvgIpc) is 3.58. The number of alkyl halides is 3. The highest BCUT2D eigenvalue weighted by Crippen LogP contribution is 2.53.